The summed E-state index contributed by atoms with van der Waals surface area (Å²) in [5.41, 5.74) is 2.03. The highest BCUT2D eigenvalue weighted by Crippen LogP contribution is 2.29. The molecule has 4 rings (SSSR count). The highest BCUT2D eigenvalue weighted by Gasteiger charge is 2.23. The van der Waals surface area contributed by atoms with Crippen LogP contribution in [0.5, 0.6) is 5.75 Å². The van der Waals surface area contributed by atoms with E-state index in [2.05, 4.69) is 20.8 Å². The Morgan fingerprint density at radius 2 is 2.04 bits per heavy atom. The molecule has 1 aromatic carbocycles. The number of carbonyl (C=O) groups excluding carboxylic acids is 1. The van der Waals surface area contributed by atoms with Gasteiger partial charge in [-0.25, -0.2) is 4.68 Å². The first kappa shape index (κ1) is 18.9. The van der Waals surface area contributed by atoms with E-state index in [1.807, 2.05) is 22.9 Å². The summed E-state index contributed by atoms with van der Waals surface area (Å²) in [4.78, 5) is 11.4. The predicted molar refractivity (Wildman–Crippen MR) is 103 cm³/mol. The van der Waals surface area contributed by atoms with Gasteiger partial charge in [0.1, 0.15) is 5.75 Å². The predicted octanol–water partition coefficient (Wildman–Crippen LogP) is 2.44. The van der Waals surface area contributed by atoms with E-state index in [1.165, 1.54) is 0 Å². The number of hydrogen-bond donors (Lipinski definition) is 2. The Hall–Kier alpha value is -2.48. The monoisotopic (exact) mass is 385 g/mol. The number of aliphatic hydroxyl groups is 1. The molecule has 0 spiro atoms. The van der Waals surface area contributed by atoms with Crippen LogP contribution < -0.4 is 10.1 Å². The molecule has 8 nitrogen and oxygen atoms in total. The summed E-state index contributed by atoms with van der Waals surface area (Å²) in [5, 5.41) is 24.8. The summed E-state index contributed by atoms with van der Waals surface area (Å²) in [7, 11) is 0. The number of anilines is 1. The molecule has 150 valence electrons. The molecule has 0 bridgehead atoms. The molecular weight excluding hydrogens is 358 g/mol. The molecule has 2 aliphatic rings. The largest absolute Gasteiger partial charge is 0.494 e. The van der Waals surface area contributed by atoms with E-state index in [9.17, 15) is 9.90 Å². The van der Waals surface area contributed by atoms with Crippen molar-refractivity contribution >= 4 is 11.6 Å². The van der Waals surface area contributed by atoms with Crippen LogP contribution in [-0.2, 0) is 17.6 Å². The number of rotatable bonds is 7. The number of ether oxygens (including phenoxy) is 1. The van der Waals surface area contributed by atoms with Gasteiger partial charge in [0.05, 0.1) is 18.8 Å². The van der Waals surface area contributed by atoms with E-state index in [0.717, 1.165) is 74.2 Å². The van der Waals surface area contributed by atoms with Crippen LogP contribution in [0.15, 0.2) is 18.2 Å². The maximum absolute atomic E-state index is 11.4. The Bertz CT molecular complexity index is 814. The third-order valence-electron chi connectivity index (χ3n) is 5.61. The van der Waals surface area contributed by atoms with E-state index < -0.39 is 0 Å². The maximum atomic E-state index is 11.4. The van der Waals surface area contributed by atoms with Gasteiger partial charge < -0.3 is 15.2 Å². The van der Waals surface area contributed by atoms with Gasteiger partial charge >= 0.3 is 0 Å². The van der Waals surface area contributed by atoms with Crippen molar-refractivity contribution in [2.24, 2.45) is 0 Å². The molecule has 2 heterocycles. The van der Waals surface area contributed by atoms with Crippen molar-refractivity contribution in [3.05, 3.63) is 29.6 Å². The Balaban J connectivity index is 1.22. The molecule has 1 aliphatic carbocycles. The smallest absolute Gasteiger partial charge is 0.224 e. The highest BCUT2D eigenvalue weighted by atomic mass is 16.5. The second kappa shape index (κ2) is 8.68. The van der Waals surface area contributed by atoms with Crippen molar-refractivity contribution in [2.45, 2.75) is 69.9 Å². The number of unbranched alkanes of at least 4 members (excludes halogenated alkanes) is 1. The second-order valence-electron chi connectivity index (χ2n) is 7.67. The first-order chi connectivity index (χ1) is 13.7. The van der Waals surface area contributed by atoms with Crippen LogP contribution in [-0.4, -0.2) is 43.9 Å². The highest BCUT2D eigenvalue weighted by molar-refractivity contribution is 5.93. The van der Waals surface area contributed by atoms with E-state index in [0.29, 0.717) is 19.1 Å². The fourth-order valence-electron chi connectivity index (χ4n) is 3.99. The summed E-state index contributed by atoms with van der Waals surface area (Å²) in [6.45, 7) is 0.641. The van der Waals surface area contributed by atoms with Crippen LogP contribution in [0, 0.1) is 0 Å². The Labute approximate surface area is 164 Å². The van der Waals surface area contributed by atoms with Crippen LogP contribution in [0.1, 0.15) is 62.4 Å². The fraction of sp³-hybridized carbons (Fsp3) is 0.600. The lowest BCUT2D eigenvalue weighted by atomic mass is 9.93. The summed E-state index contributed by atoms with van der Waals surface area (Å²) < 4.78 is 7.83. The lowest BCUT2D eigenvalue weighted by molar-refractivity contribution is -0.116. The van der Waals surface area contributed by atoms with Gasteiger partial charge in [-0.1, -0.05) is 0 Å². The summed E-state index contributed by atoms with van der Waals surface area (Å²) >= 11 is 0. The van der Waals surface area contributed by atoms with Crippen molar-refractivity contribution < 1.29 is 14.6 Å². The number of hydrogen-bond acceptors (Lipinski definition) is 6. The van der Waals surface area contributed by atoms with E-state index >= 15 is 0 Å². The van der Waals surface area contributed by atoms with Crippen molar-refractivity contribution in [3.63, 3.8) is 0 Å². The molecule has 1 saturated carbocycles. The fourth-order valence-corrected chi connectivity index (χ4v) is 3.99. The molecule has 8 heteroatoms. The van der Waals surface area contributed by atoms with Gasteiger partial charge in [0.2, 0.25) is 5.91 Å². The summed E-state index contributed by atoms with van der Waals surface area (Å²) in [6.07, 6.45) is 7.33. The van der Waals surface area contributed by atoms with E-state index in [1.54, 1.807) is 0 Å². The molecule has 28 heavy (non-hydrogen) atoms. The number of amides is 1. The molecule has 0 atom stereocenters. The molecule has 1 aromatic heterocycles. The first-order valence-corrected chi connectivity index (χ1v) is 10.2. The average molecular weight is 385 g/mol. The number of tetrazole rings is 1. The zero-order valence-electron chi connectivity index (χ0n) is 16.0. The van der Waals surface area contributed by atoms with Crippen LogP contribution in [0.2, 0.25) is 0 Å². The molecule has 0 radical (unpaired) electrons. The van der Waals surface area contributed by atoms with Gasteiger partial charge in [-0.2, -0.15) is 0 Å². The molecule has 1 fully saturated rings. The lowest BCUT2D eigenvalue weighted by Gasteiger charge is -2.25. The van der Waals surface area contributed by atoms with Crippen molar-refractivity contribution in [2.75, 3.05) is 11.9 Å². The van der Waals surface area contributed by atoms with Gasteiger partial charge in [0, 0.05) is 18.5 Å². The molecule has 1 aliphatic heterocycles. The minimum Gasteiger partial charge on any atom is -0.494 e. The zero-order chi connectivity index (χ0) is 19.3. The van der Waals surface area contributed by atoms with Crippen LogP contribution in [0.25, 0.3) is 0 Å². The third kappa shape index (κ3) is 4.49. The van der Waals surface area contributed by atoms with Crippen LogP contribution in [0.3, 0.4) is 0 Å². The molecular formula is C20H27N5O3. The minimum absolute atomic E-state index is 0.0768. The molecule has 2 aromatic rings. The number of nitrogens with zero attached hydrogens (tertiary/aromatic N) is 4. The number of aliphatic hydroxyl groups excluding tert-OH is 1. The van der Waals surface area contributed by atoms with Crippen molar-refractivity contribution in [1.82, 2.24) is 20.2 Å². The minimum atomic E-state index is -0.173. The van der Waals surface area contributed by atoms with Gasteiger partial charge in [-0.15, -0.1) is 5.10 Å². The van der Waals surface area contributed by atoms with Crippen molar-refractivity contribution in [3.8, 4) is 5.75 Å². The van der Waals surface area contributed by atoms with Gasteiger partial charge in [0.25, 0.3) is 0 Å². The van der Waals surface area contributed by atoms with Crippen LogP contribution >= 0.6 is 0 Å². The number of nitrogens with one attached hydrogen (secondary N) is 1. The van der Waals surface area contributed by atoms with E-state index in [4.69, 9.17) is 4.74 Å². The number of benzene rings is 1. The average Bonchev–Trinajstić information content (AvgIpc) is 3.17. The lowest BCUT2D eigenvalue weighted by Crippen LogP contribution is -2.23. The topological polar surface area (TPSA) is 102 Å². The van der Waals surface area contributed by atoms with Gasteiger partial charge in [-0.3, -0.25) is 4.79 Å². The molecule has 0 unspecified atom stereocenters. The maximum Gasteiger partial charge on any atom is 0.224 e. The van der Waals surface area contributed by atoms with Crippen LogP contribution in [0.4, 0.5) is 5.69 Å². The quantitative estimate of drug-likeness (QED) is 0.710. The molecule has 2 N–H and O–H groups in total. The van der Waals surface area contributed by atoms with Gasteiger partial charge in [0.15, 0.2) is 5.82 Å². The standard InChI is InChI=1S/C20H27N5O3/c26-16-7-5-15(6-8-16)25-19(22-23-24-25)3-1-2-12-28-17-9-10-18-14(13-17)4-11-20(27)21-18/h9-10,13,15-16,26H,1-8,11-12H2,(H,21,27). The molecule has 1 amide bonds. The SMILES string of the molecule is O=C1CCc2cc(OCCCCc3nnnn3C3CCC(O)CC3)ccc2N1. The molecule has 0 saturated heterocycles. The normalized spacial score (nSPS) is 21.8. The summed E-state index contributed by atoms with van der Waals surface area (Å²) in [6, 6.07) is 6.15. The van der Waals surface area contributed by atoms with E-state index in [-0.39, 0.29) is 12.0 Å². The number of fused-ring (bicyclic) bond motifs is 1. The Kier molecular flexibility index (Phi) is 5.85. The zero-order valence-corrected chi connectivity index (χ0v) is 16.0. The number of carbonyl (C=O) groups is 1. The number of aryl methyl sites for hydroxylation is 2. The van der Waals surface area contributed by atoms with Crippen molar-refractivity contribution in [1.29, 1.82) is 0 Å². The first-order valence-electron chi connectivity index (χ1n) is 10.2. The Morgan fingerprint density at radius 3 is 2.89 bits per heavy atom. The second-order valence-corrected chi connectivity index (χ2v) is 7.67. The van der Waals surface area contributed by atoms with Gasteiger partial charge in [-0.05, 0) is 79.1 Å². The number of aromatic nitrogens is 4. The Morgan fingerprint density at radius 1 is 1.18 bits per heavy atom. The summed E-state index contributed by atoms with van der Waals surface area (Å²) in [5.74, 6) is 1.85. The third-order valence-corrected chi connectivity index (χ3v) is 5.61.